The highest BCUT2D eigenvalue weighted by Gasteiger charge is 2.18. The molecule has 100 valence electrons. The molecule has 0 unspecified atom stereocenters. The second kappa shape index (κ2) is 5.58. The molecular weight excluding hydrogens is 244 g/mol. The van der Waals surface area contributed by atoms with Gasteiger partial charge in [0.25, 0.3) is 5.91 Å². The average molecular weight is 260 g/mol. The maximum Gasteiger partial charge on any atom is 0.289 e. The molecule has 1 heterocycles. The number of anilines is 1. The van der Waals surface area contributed by atoms with Crippen molar-refractivity contribution < 1.29 is 14.3 Å². The molecule has 0 atom stereocenters. The van der Waals surface area contributed by atoms with Crippen LogP contribution in [0.2, 0.25) is 0 Å². The Morgan fingerprint density at radius 1 is 1.47 bits per heavy atom. The van der Waals surface area contributed by atoms with Crippen LogP contribution in [-0.4, -0.2) is 35.6 Å². The van der Waals surface area contributed by atoms with E-state index in [9.17, 15) is 4.79 Å². The van der Waals surface area contributed by atoms with Crippen molar-refractivity contribution in [2.24, 2.45) is 0 Å². The van der Waals surface area contributed by atoms with E-state index >= 15 is 0 Å². The summed E-state index contributed by atoms with van der Waals surface area (Å²) in [5.74, 6) is -0.0420. The maximum atomic E-state index is 12.2. The fourth-order valence-electron chi connectivity index (χ4n) is 1.88. The van der Waals surface area contributed by atoms with Crippen LogP contribution in [0, 0.1) is 0 Å². The number of nitrogens with zero attached hydrogens (tertiary/aromatic N) is 1. The Kier molecular flexibility index (Phi) is 3.87. The van der Waals surface area contributed by atoms with Crippen molar-refractivity contribution in [3.05, 3.63) is 42.7 Å². The third-order valence-corrected chi connectivity index (χ3v) is 2.76. The lowest BCUT2D eigenvalue weighted by atomic mass is 10.2. The quantitative estimate of drug-likeness (QED) is 0.632. The van der Waals surface area contributed by atoms with Crippen LogP contribution in [0.1, 0.15) is 10.6 Å². The Morgan fingerprint density at radius 3 is 2.95 bits per heavy atom. The number of benzene rings is 1. The van der Waals surface area contributed by atoms with Crippen LogP contribution in [0.3, 0.4) is 0 Å². The molecule has 0 fully saturated rings. The molecule has 5 nitrogen and oxygen atoms in total. The minimum absolute atomic E-state index is 0.104. The van der Waals surface area contributed by atoms with Gasteiger partial charge in [-0.2, -0.15) is 0 Å². The SMILES string of the molecule is C=CCN(CCO)C(=O)c1cc2cc(N)ccc2o1. The van der Waals surface area contributed by atoms with E-state index in [1.807, 2.05) is 0 Å². The summed E-state index contributed by atoms with van der Waals surface area (Å²) in [6.45, 7) is 4.09. The number of aliphatic hydroxyl groups is 1. The zero-order valence-corrected chi connectivity index (χ0v) is 10.5. The lowest BCUT2D eigenvalue weighted by molar-refractivity contribution is 0.0713. The molecule has 0 radical (unpaired) electrons. The second-order valence-corrected chi connectivity index (χ2v) is 4.17. The van der Waals surface area contributed by atoms with Crippen molar-refractivity contribution in [3.63, 3.8) is 0 Å². The number of fused-ring (bicyclic) bond motifs is 1. The van der Waals surface area contributed by atoms with Gasteiger partial charge in [0.1, 0.15) is 5.58 Å². The smallest absolute Gasteiger partial charge is 0.289 e. The van der Waals surface area contributed by atoms with Gasteiger partial charge < -0.3 is 20.2 Å². The van der Waals surface area contributed by atoms with E-state index in [0.717, 1.165) is 5.39 Å². The predicted octanol–water partition coefficient (Wildman–Crippen LogP) is 1.64. The molecule has 1 aromatic carbocycles. The van der Waals surface area contributed by atoms with Crippen LogP contribution in [-0.2, 0) is 0 Å². The number of furan rings is 1. The summed E-state index contributed by atoms with van der Waals surface area (Å²) in [6.07, 6.45) is 1.61. The van der Waals surface area contributed by atoms with Crippen molar-refractivity contribution in [1.29, 1.82) is 0 Å². The fraction of sp³-hybridized carbons (Fsp3) is 0.214. The molecule has 0 bridgehead atoms. The van der Waals surface area contributed by atoms with Crippen LogP contribution < -0.4 is 5.73 Å². The number of aliphatic hydroxyl groups excluding tert-OH is 1. The topological polar surface area (TPSA) is 79.7 Å². The third kappa shape index (κ3) is 2.77. The van der Waals surface area contributed by atoms with Crippen LogP contribution in [0.4, 0.5) is 5.69 Å². The zero-order chi connectivity index (χ0) is 13.8. The normalized spacial score (nSPS) is 10.6. The van der Waals surface area contributed by atoms with E-state index < -0.39 is 0 Å². The first-order valence-electron chi connectivity index (χ1n) is 5.96. The van der Waals surface area contributed by atoms with Crippen LogP contribution in [0.5, 0.6) is 0 Å². The second-order valence-electron chi connectivity index (χ2n) is 4.17. The molecule has 0 spiro atoms. The van der Waals surface area contributed by atoms with Crippen molar-refractivity contribution in [3.8, 4) is 0 Å². The van der Waals surface area contributed by atoms with E-state index in [-0.39, 0.29) is 24.8 Å². The number of nitrogens with two attached hydrogens (primary N) is 1. The number of nitrogen functional groups attached to an aromatic ring is 1. The van der Waals surface area contributed by atoms with E-state index in [1.165, 1.54) is 4.90 Å². The highest BCUT2D eigenvalue weighted by Crippen LogP contribution is 2.22. The molecule has 1 aromatic heterocycles. The van der Waals surface area contributed by atoms with Gasteiger partial charge in [-0.1, -0.05) is 6.08 Å². The molecule has 1 amide bonds. The Balaban J connectivity index is 2.31. The van der Waals surface area contributed by atoms with Gasteiger partial charge in [0.15, 0.2) is 5.76 Å². The number of rotatable bonds is 5. The minimum Gasteiger partial charge on any atom is -0.451 e. The minimum atomic E-state index is -0.274. The summed E-state index contributed by atoms with van der Waals surface area (Å²) >= 11 is 0. The number of carbonyl (C=O) groups excluding carboxylic acids is 1. The van der Waals surface area contributed by atoms with Crippen LogP contribution in [0.25, 0.3) is 11.0 Å². The molecule has 2 aromatic rings. The van der Waals surface area contributed by atoms with Gasteiger partial charge in [-0.3, -0.25) is 4.79 Å². The summed E-state index contributed by atoms with van der Waals surface area (Å²) in [7, 11) is 0. The molecule has 0 aliphatic carbocycles. The number of hydrogen-bond acceptors (Lipinski definition) is 4. The molecule has 0 aliphatic heterocycles. The molecular formula is C14H16N2O3. The summed E-state index contributed by atoms with van der Waals surface area (Å²) in [5.41, 5.74) is 6.91. The van der Waals surface area contributed by atoms with Crippen LogP contribution in [0.15, 0.2) is 41.3 Å². The summed E-state index contributed by atoms with van der Waals surface area (Å²) in [6, 6.07) is 6.85. The van der Waals surface area contributed by atoms with Gasteiger partial charge >= 0.3 is 0 Å². The molecule has 19 heavy (non-hydrogen) atoms. The standard InChI is InChI=1S/C14H16N2O3/c1-2-5-16(6-7-17)14(18)13-9-10-8-11(15)3-4-12(10)19-13/h2-4,8-9,17H,1,5-7,15H2. The van der Waals surface area contributed by atoms with Gasteiger partial charge in [-0.25, -0.2) is 0 Å². The number of amides is 1. The molecule has 3 N–H and O–H groups in total. The van der Waals surface area contributed by atoms with E-state index in [0.29, 0.717) is 17.8 Å². The predicted molar refractivity (Wildman–Crippen MR) is 73.8 cm³/mol. The van der Waals surface area contributed by atoms with Gasteiger partial charge in [-0.15, -0.1) is 6.58 Å². The Morgan fingerprint density at radius 2 is 2.26 bits per heavy atom. The first kappa shape index (κ1) is 13.2. The lowest BCUT2D eigenvalue weighted by Gasteiger charge is -2.18. The molecule has 0 saturated heterocycles. The van der Waals surface area contributed by atoms with E-state index in [4.69, 9.17) is 15.3 Å². The van der Waals surface area contributed by atoms with Gasteiger partial charge in [0.05, 0.1) is 6.61 Å². The van der Waals surface area contributed by atoms with E-state index in [2.05, 4.69) is 6.58 Å². The molecule has 5 heteroatoms. The Labute approximate surface area is 110 Å². The third-order valence-electron chi connectivity index (χ3n) is 2.76. The Hall–Kier alpha value is -2.27. The van der Waals surface area contributed by atoms with E-state index in [1.54, 1.807) is 30.3 Å². The maximum absolute atomic E-state index is 12.2. The molecule has 2 rings (SSSR count). The summed E-state index contributed by atoms with van der Waals surface area (Å²) in [5, 5.41) is 9.74. The first-order valence-corrected chi connectivity index (χ1v) is 5.96. The summed E-state index contributed by atoms with van der Waals surface area (Å²) < 4.78 is 5.50. The monoisotopic (exact) mass is 260 g/mol. The largest absolute Gasteiger partial charge is 0.451 e. The highest BCUT2D eigenvalue weighted by molar-refractivity contribution is 5.96. The van der Waals surface area contributed by atoms with Crippen molar-refractivity contribution in [2.45, 2.75) is 0 Å². The fourth-order valence-corrected chi connectivity index (χ4v) is 1.88. The van der Waals surface area contributed by atoms with Gasteiger partial charge in [0, 0.05) is 24.2 Å². The summed E-state index contributed by atoms with van der Waals surface area (Å²) in [4.78, 5) is 13.7. The molecule has 0 aliphatic rings. The van der Waals surface area contributed by atoms with Gasteiger partial charge in [0.2, 0.25) is 0 Å². The van der Waals surface area contributed by atoms with Gasteiger partial charge in [-0.05, 0) is 24.3 Å². The Bertz CT molecular complexity index is 604. The van der Waals surface area contributed by atoms with Crippen molar-refractivity contribution >= 4 is 22.6 Å². The highest BCUT2D eigenvalue weighted by atomic mass is 16.3. The van der Waals surface area contributed by atoms with Crippen molar-refractivity contribution in [1.82, 2.24) is 4.90 Å². The lowest BCUT2D eigenvalue weighted by Crippen LogP contribution is -2.33. The molecule has 0 saturated carbocycles. The average Bonchev–Trinajstić information content (AvgIpc) is 2.80. The zero-order valence-electron chi connectivity index (χ0n) is 10.5. The number of carbonyl (C=O) groups is 1. The number of hydrogen-bond donors (Lipinski definition) is 2. The van der Waals surface area contributed by atoms with Crippen LogP contribution >= 0.6 is 0 Å². The first-order chi connectivity index (χ1) is 9.15. The van der Waals surface area contributed by atoms with Crippen molar-refractivity contribution in [2.75, 3.05) is 25.4 Å².